The van der Waals surface area contributed by atoms with E-state index < -0.39 is 0 Å². The number of benzene rings is 3. The molecule has 2 aromatic heterocycles. The molecule has 5 rings (SSSR count). The standard InChI is InChI=1S/C25H18ClN3O/c26-18-10-6-9-17(13-18)23-24-20(19-11-4-5-12-21(19)28-24)14-22(29-23)25(30)27-15-16-7-2-1-3-8-16/h1-14,28H,15H2,(H,27,30). The van der Waals surface area contributed by atoms with Gasteiger partial charge in [-0.3, -0.25) is 4.79 Å². The Morgan fingerprint density at radius 2 is 1.70 bits per heavy atom. The summed E-state index contributed by atoms with van der Waals surface area (Å²) in [4.78, 5) is 21.1. The lowest BCUT2D eigenvalue weighted by Gasteiger charge is -2.09. The highest BCUT2D eigenvalue weighted by atomic mass is 35.5. The average Bonchev–Trinajstić information content (AvgIpc) is 3.16. The number of halogens is 1. The van der Waals surface area contributed by atoms with Crippen LogP contribution in [0.25, 0.3) is 33.1 Å². The normalized spacial score (nSPS) is 11.1. The lowest BCUT2D eigenvalue weighted by Crippen LogP contribution is -2.24. The van der Waals surface area contributed by atoms with E-state index in [-0.39, 0.29) is 5.91 Å². The van der Waals surface area contributed by atoms with Gasteiger partial charge < -0.3 is 10.3 Å². The maximum atomic E-state index is 13.0. The molecule has 4 nitrogen and oxygen atoms in total. The summed E-state index contributed by atoms with van der Waals surface area (Å²) in [5.74, 6) is -0.214. The smallest absolute Gasteiger partial charge is 0.270 e. The minimum Gasteiger partial charge on any atom is -0.353 e. The highest BCUT2D eigenvalue weighted by Crippen LogP contribution is 2.33. The predicted octanol–water partition coefficient (Wildman–Crippen LogP) is 5.97. The molecule has 0 aliphatic heterocycles. The molecule has 0 radical (unpaired) electrons. The van der Waals surface area contributed by atoms with Crippen molar-refractivity contribution in [3.05, 3.63) is 101 Å². The van der Waals surface area contributed by atoms with Crippen LogP contribution in [0.2, 0.25) is 5.02 Å². The zero-order valence-corrected chi connectivity index (χ0v) is 16.8. The van der Waals surface area contributed by atoms with Crippen LogP contribution in [0, 0.1) is 0 Å². The molecule has 146 valence electrons. The van der Waals surface area contributed by atoms with Crippen molar-refractivity contribution in [2.45, 2.75) is 6.54 Å². The molecule has 1 amide bonds. The number of para-hydroxylation sites is 1. The fraction of sp³-hybridized carbons (Fsp3) is 0.0400. The van der Waals surface area contributed by atoms with Crippen LogP contribution in [0.3, 0.4) is 0 Å². The van der Waals surface area contributed by atoms with E-state index in [4.69, 9.17) is 16.6 Å². The van der Waals surface area contributed by atoms with Crippen molar-refractivity contribution in [1.29, 1.82) is 0 Å². The second-order valence-corrected chi connectivity index (χ2v) is 7.56. The molecule has 0 saturated heterocycles. The predicted molar refractivity (Wildman–Crippen MR) is 122 cm³/mol. The number of carbonyl (C=O) groups excluding carboxylic acids is 1. The van der Waals surface area contributed by atoms with Gasteiger partial charge in [-0.25, -0.2) is 4.98 Å². The summed E-state index contributed by atoms with van der Waals surface area (Å²) in [6, 6.07) is 27.2. The number of H-pyrrole nitrogens is 1. The van der Waals surface area contributed by atoms with Gasteiger partial charge in [0.2, 0.25) is 0 Å². The zero-order chi connectivity index (χ0) is 20.5. The Hall–Kier alpha value is -3.63. The SMILES string of the molecule is O=C(NCc1ccccc1)c1cc2c([nH]c3ccccc32)c(-c2cccc(Cl)c2)n1. The van der Waals surface area contributed by atoms with Gasteiger partial charge in [-0.2, -0.15) is 0 Å². The van der Waals surface area contributed by atoms with Crippen molar-refractivity contribution >= 4 is 39.3 Å². The second kappa shape index (κ2) is 7.65. The Morgan fingerprint density at radius 3 is 2.53 bits per heavy atom. The van der Waals surface area contributed by atoms with E-state index in [0.717, 1.165) is 32.9 Å². The molecule has 0 aliphatic carbocycles. The molecule has 3 aromatic carbocycles. The number of rotatable bonds is 4. The van der Waals surface area contributed by atoms with Gasteiger partial charge in [0, 0.05) is 33.4 Å². The van der Waals surface area contributed by atoms with Crippen LogP contribution in [0.5, 0.6) is 0 Å². The minimum atomic E-state index is -0.214. The molecule has 0 saturated carbocycles. The highest BCUT2D eigenvalue weighted by Gasteiger charge is 2.17. The molecule has 0 spiro atoms. The first-order chi connectivity index (χ1) is 14.7. The van der Waals surface area contributed by atoms with Gasteiger partial charge in [-0.1, -0.05) is 72.3 Å². The van der Waals surface area contributed by atoms with Crippen molar-refractivity contribution < 1.29 is 4.79 Å². The van der Waals surface area contributed by atoms with Gasteiger partial charge in [-0.05, 0) is 29.8 Å². The molecule has 0 unspecified atom stereocenters. The van der Waals surface area contributed by atoms with Crippen LogP contribution in [-0.4, -0.2) is 15.9 Å². The molecule has 30 heavy (non-hydrogen) atoms. The average molecular weight is 412 g/mol. The fourth-order valence-electron chi connectivity index (χ4n) is 3.68. The van der Waals surface area contributed by atoms with E-state index in [0.29, 0.717) is 23.0 Å². The van der Waals surface area contributed by atoms with Crippen molar-refractivity contribution in [2.24, 2.45) is 0 Å². The summed E-state index contributed by atoms with van der Waals surface area (Å²) in [5.41, 5.74) is 4.86. The summed E-state index contributed by atoms with van der Waals surface area (Å²) in [6.07, 6.45) is 0. The lowest BCUT2D eigenvalue weighted by atomic mass is 10.1. The van der Waals surface area contributed by atoms with Crippen LogP contribution >= 0.6 is 11.6 Å². The Morgan fingerprint density at radius 1 is 0.900 bits per heavy atom. The minimum absolute atomic E-state index is 0.214. The highest BCUT2D eigenvalue weighted by molar-refractivity contribution is 6.31. The first-order valence-corrected chi connectivity index (χ1v) is 10.1. The van der Waals surface area contributed by atoms with E-state index in [1.165, 1.54) is 0 Å². The van der Waals surface area contributed by atoms with Crippen LogP contribution in [0.4, 0.5) is 0 Å². The first-order valence-electron chi connectivity index (χ1n) is 9.68. The summed E-state index contributed by atoms with van der Waals surface area (Å²) < 4.78 is 0. The number of aromatic nitrogens is 2. The van der Waals surface area contributed by atoms with Gasteiger partial charge in [-0.15, -0.1) is 0 Å². The number of nitrogens with one attached hydrogen (secondary N) is 2. The van der Waals surface area contributed by atoms with Gasteiger partial charge in [0.25, 0.3) is 5.91 Å². The van der Waals surface area contributed by atoms with E-state index >= 15 is 0 Å². The third kappa shape index (κ3) is 3.42. The Bertz CT molecular complexity index is 1380. The van der Waals surface area contributed by atoms with Crippen LogP contribution in [-0.2, 0) is 6.54 Å². The Labute approximate surface area is 178 Å². The molecular formula is C25H18ClN3O. The maximum Gasteiger partial charge on any atom is 0.270 e. The molecular weight excluding hydrogens is 394 g/mol. The van der Waals surface area contributed by atoms with Crippen molar-refractivity contribution in [3.8, 4) is 11.3 Å². The van der Waals surface area contributed by atoms with Crippen LogP contribution in [0.1, 0.15) is 16.1 Å². The topological polar surface area (TPSA) is 57.8 Å². The molecule has 5 heteroatoms. The number of aromatic amines is 1. The summed E-state index contributed by atoms with van der Waals surface area (Å²) in [7, 11) is 0. The molecule has 2 N–H and O–H groups in total. The van der Waals surface area contributed by atoms with Gasteiger partial charge in [0.1, 0.15) is 5.69 Å². The molecule has 0 fully saturated rings. The summed E-state index contributed by atoms with van der Waals surface area (Å²) >= 11 is 6.23. The molecule has 5 aromatic rings. The van der Waals surface area contributed by atoms with Crippen molar-refractivity contribution in [1.82, 2.24) is 15.3 Å². The van der Waals surface area contributed by atoms with E-state index in [1.807, 2.05) is 84.9 Å². The maximum absolute atomic E-state index is 13.0. The van der Waals surface area contributed by atoms with Crippen molar-refractivity contribution in [2.75, 3.05) is 0 Å². The summed E-state index contributed by atoms with van der Waals surface area (Å²) in [5, 5.41) is 5.61. The number of nitrogens with zero attached hydrogens (tertiary/aromatic N) is 1. The largest absolute Gasteiger partial charge is 0.353 e. The molecule has 2 heterocycles. The lowest BCUT2D eigenvalue weighted by molar-refractivity contribution is 0.0946. The molecule has 0 atom stereocenters. The van der Waals surface area contributed by atoms with Gasteiger partial charge in [0.15, 0.2) is 0 Å². The zero-order valence-electron chi connectivity index (χ0n) is 16.0. The summed E-state index contributed by atoms with van der Waals surface area (Å²) in [6.45, 7) is 0.444. The van der Waals surface area contributed by atoms with Gasteiger partial charge >= 0.3 is 0 Å². The van der Waals surface area contributed by atoms with Crippen LogP contribution < -0.4 is 5.32 Å². The fourth-order valence-corrected chi connectivity index (χ4v) is 3.87. The monoisotopic (exact) mass is 411 g/mol. The number of carbonyl (C=O) groups is 1. The Kier molecular flexibility index (Phi) is 4.69. The number of fused-ring (bicyclic) bond motifs is 3. The van der Waals surface area contributed by atoms with Crippen LogP contribution in [0.15, 0.2) is 84.9 Å². The Balaban J connectivity index is 1.63. The van der Waals surface area contributed by atoms with E-state index in [9.17, 15) is 4.79 Å². The molecule has 0 aliphatic rings. The number of hydrogen-bond acceptors (Lipinski definition) is 2. The third-order valence-electron chi connectivity index (χ3n) is 5.12. The van der Waals surface area contributed by atoms with Gasteiger partial charge in [0.05, 0.1) is 11.2 Å². The third-order valence-corrected chi connectivity index (χ3v) is 5.36. The second-order valence-electron chi connectivity index (χ2n) is 7.13. The number of pyridine rings is 1. The number of amides is 1. The van der Waals surface area contributed by atoms with E-state index in [2.05, 4.69) is 10.3 Å². The van der Waals surface area contributed by atoms with Crippen molar-refractivity contribution in [3.63, 3.8) is 0 Å². The first kappa shape index (κ1) is 18.4. The quantitative estimate of drug-likeness (QED) is 0.383. The number of hydrogen-bond donors (Lipinski definition) is 2. The molecule has 0 bridgehead atoms. The van der Waals surface area contributed by atoms with E-state index in [1.54, 1.807) is 0 Å².